The lowest BCUT2D eigenvalue weighted by Gasteiger charge is -2.21. The summed E-state index contributed by atoms with van der Waals surface area (Å²) in [5.41, 5.74) is 0.573. The fourth-order valence-corrected chi connectivity index (χ4v) is 1.33. The summed E-state index contributed by atoms with van der Waals surface area (Å²) in [4.78, 5) is 15.7. The average molecular weight is 222 g/mol. The summed E-state index contributed by atoms with van der Waals surface area (Å²) in [7, 11) is 1.63. The fraction of sp³-hybridized carbons (Fsp3) is 0.500. The molecule has 0 saturated carbocycles. The highest BCUT2D eigenvalue weighted by atomic mass is 16.5. The number of aromatic nitrogens is 1. The Labute approximate surface area is 96.0 Å². The third kappa shape index (κ3) is 3.62. The van der Waals surface area contributed by atoms with Gasteiger partial charge in [0.1, 0.15) is 0 Å². The Kier molecular flexibility index (Phi) is 4.92. The van der Waals surface area contributed by atoms with E-state index >= 15 is 0 Å². The molecule has 16 heavy (non-hydrogen) atoms. The molecule has 0 bridgehead atoms. The average Bonchev–Trinajstić information content (AvgIpc) is 2.29. The molecule has 1 heterocycles. The molecule has 1 N–H and O–H groups in total. The van der Waals surface area contributed by atoms with Gasteiger partial charge in [-0.2, -0.15) is 0 Å². The van der Waals surface area contributed by atoms with E-state index in [1.165, 1.54) is 0 Å². The van der Waals surface area contributed by atoms with Gasteiger partial charge in [-0.1, -0.05) is 13.8 Å². The highest BCUT2D eigenvalue weighted by molar-refractivity contribution is 5.94. The fourth-order valence-electron chi connectivity index (χ4n) is 1.33. The molecule has 0 aromatic carbocycles. The van der Waals surface area contributed by atoms with Gasteiger partial charge < -0.3 is 10.1 Å². The number of pyridine rings is 1. The van der Waals surface area contributed by atoms with Crippen molar-refractivity contribution in [3.63, 3.8) is 0 Å². The molecule has 4 heteroatoms. The standard InChI is InChI=1S/C12H18N2O2/c1-9(2)11(8-16-3)14-12(15)10-5-4-6-13-7-10/h4-7,9,11H,8H2,1-3H3,(H,14,15). The van der Waals surface area contributed by atoms with Crippen molar-refractivity contribution in [1.29, 1.82) is 0 Å². The summed E-state index contributed by atoms with van der Waals surface area (Å²) in [5.74, 6) is 0.226. The van der Waals surface area contributed by atoms with Gasteiger partial charge in [-0.15, -0.1) is 0 Å². The van der Waals surface area contributed by atoms with Crippen LogP contribution in [-0.2, 0) is 4.74 Å². The summed E-state index contributed by atoms with van der Waals surface area (Å²) in [5, 5.41) is 2.93. The van der Waals surface area contributed by atoms with Crippen LogP contribution in [0.5, 0.6) is 0 Å². The smallest absolute Gasteiger partial charge is 0.253 e. The maximum absolute atomic E-state index is 11.8. The number of amides is 1. The van der Waals surface area contributed by atoms with Crippen molar-refractivity contribution in [2.24, 2.45) is 5.92 Å². The minimum absolute atomic E-state index is 0.0257. The molecular weight excluding hydrogens is 204 g/mol. The molecule has 0 aliphatic heterocycles. The van der Waals surface area contributed by atoms with Gasteiger partial charge in [-0.25, -0.2) is 0 Å². The Morgan fingerprint density at radius 1 is 1.56 bits per heavy atom. The first kappa shape index (κ1) is 12.6. The number of carbonyl (C=O) groups excluding carboxylic acids is 1. The molecule has 0 spiro atoms. The van der Waals surface area contributed by atoms with Gasteiger partial charge in [-0.3, -0.25) is 9.78 Å². The normalized spacial score (nSPS) is 12.5. The predicted molar refractivity (Wildman–Crippen MR) is 62.2 cm³/mol. The van der Waals surface area contributed by atoms with Crippen LogP contribution in [0.4, 0.5) is 0 Å². The Morgan fingerprint density at radius 3 is 2.81 bits per heavy atom. The molecule has 1 atom stereocenters. The molecule has 1 unspecified atom stereocenters. The molecule has 0 radical (unpaired) electrons. The van der Waals surface area contributed by atoms with E-state index in [9.17, 15) is 4.79 Å². The highest BCUT2D eigenvalue weighted by Crippen LogP contribution is 2.04. The van der Waals surface area contributed by atoms with Crippen LogP contribution >= 0.6 is 0 Å². The van der Waals surface area contributed by atoms with Gasteiger partial charge in [0, 0.05) is 19.5 Å². The van der Waals surface area contributed by atoms with Crippen LogP contribution in [0.25, 0.3) is 0 Å². The monoisotopic (exact) mass is 222 g/mol. The van der Waals surface area contributed by atoms with E-state index in [1.54, 1.807) is 31.6 Å². The van der Waals surface area contributed by atoms with E-state index in [-0.39, 0.29) is 11.9 Å². The maximum Gasteiger partial charge on any atom is 0.253 e. The molecule has 4 nitrogen and oxygen atoms in total. The van der Waals surface area contributed by atoms with E-state index in [4.69, 9.17) is 4.74 Å². The first-order chi connectivity index (χ1) is 7.65. The summed E-state index contributed by atoms with van der Waals surface area (Å²) in [6, 6.07) is 3.51. The second kappa shape index (κ2) is 6.23. The van der Waals surface area contributed by atoms with E-state index in [0.29, 0.717) is 18.1 Å². The van der Waals surface area contributed by atoms with Gasteiger partial charge in [0.05, 0.1) is 18.2 Å². The van der Waals surface area contributed by atoms with Crippen molar-refractivity contribution in [2.45, 2.75) is 19.9 Å². The molecule has 0 aliphatic rings. The van der Waals surface area contributed by atoms with E-state index in [1.807, 2.05) is 13.8 Å². The van der Waals surface area contributed by atoms with Crippen LogP contribution in [0.2, 0.25) is 0 Å². The maximum atomic E-state index is 11.8. The lowest BCUT2D eigenvalue weighted by atomic mass is 10.1. The summed E-state index contributed by atoms with van der Waals surface area (Å²) in [6.07, 6.45) is 3.20. The number of rotatable bonds is 5. The van der Waals surface area contributed by atoms with Gasteiger partial charge >= 0.3 is 0 Å². The Morgan fingerprint density at radius 2 is 2.31 bits per heavy atom. The number of ether oxygens (including phenoxy) is 1. The first-order valence-electron chi connectivity index (χ1n) is 5.35. The predicted octanol–water partition coefficient (Wildman–Crippen LogP) is 1.48. The third-order valence-electron chi connectivity index (χ3n) is 2.39. The largest absolute Gasteiger partial charge is 0.383 e. The number of nitrogens with one attached hydrogen (secondary N) is 1. The van der Waals surface area contributed by atoms with E-state index < -0.39 is 0 Å². The summed E-state index contributed by atoms with van der Waals surface area (Å²) >= 11 is 0. The van der Waals surface area contributed by atoms with Crippen LogP contribution < -0.4 is 5.32 Å². The first-order valence-corrected chi connectivity index (χ1v) is 5.35. The highest BCUT2D eigenvalue weighted by Gasteiger charge is 2.16. The molecular formula is C12H18N2O2. The van der Waals surface area contributed by atoms with Gasteiger partial charge in [-0.05, 0) is 18.1 Å². The zero-order valence-corrected chi connectivity index (χ0v) is 9.93. The summed E-state index contributed by atoms with van der Waals surface area (Å²) < 4.78 is 5.07. The topological polar surface area (TPSA) is 51.2 Å². The zero-order valence-electron chi connectivity index (χ0n) is 9.93. The molecule has 0 saturated heterocycles. The molecule has 1 aromatic rings. The minimum atomic E-state index is -0.108. The van der Waals surface area contributed by atoms with Crippen LogP contribution in [0.3, 0.4) is 0 Å². The zero-order chi connectivity index (χ0) is 12.0. The second-order valence-corrected chi connectivity index (χ2v) is 4.02. The Bertz CT molecular complexity index is 325. The quantitative estimate of drug-likeness (QED) is 0.821. The minimum Gasteiger partial charge on any atom is -0.383 e. The number of methoxy groups -OCH3 is 1. The molecule has 1 rings (SSSR count). The number of hydrogen-bond acceptors (Lipinski definition) is 3. The van der Waals surface area contributed by atoms with Crippen LogP contribution in [-0.4, -0.2) is 30.6 Å². The molecule has 1 aromatic heterocycles. The number of hydrogen-bond donors (Lipinski definition) is 1. The second-order valence-electron chi connectivity index (χ2n) is 4.02. The van der Waals surface area contributed by atoms with Crippen LogP contribution in [0.1, 0.15) is 24.2 Å². The van der Waals surface area contributed by atoms with E-state index in [2.05, 4.69) is 10.3 Å². The van der Waals surface area contributed by atoms with Crippen molar-refractivity contribution < 1.29 is 9.53 Å². The Balaban J connectivity index is 2.62. The van der Waals surface area contributed by atoms with Crippen LogP contribution in [0.15, 0.2) is 24.5 Å². The lowest BCUT2D eigenvalue weighted by molar-refractivity contribution is 0.0866. The molecule has 88 valence electrons. The van der Waals surface area contributed by atoms with Crippen molar-refractivity contribution >= 4 is 5.91 Å². The Hall–Kier alpha value is -1.42. The van der Waals surface area contributed by atoms with Gasteiger partial charge in [0.2, 0.25) is 0 Å². The van der Waals surface area contributed by atoms with Crippen molar-refractivity contribution in [3.05, 3.63) is 30.1 Å². The van der Waals surface area contributed by atoms with Crippen LogP contribution in [0, 0.1) is 5.92 Å². The molecule has 0 aliphatic carbocycles. The van der Waals surface area contributed by atoms with Crippen molar-refractivity contribution in [1.82, 2.24) is 10.3 Å². The van der Waals surface area contributed by atoms with Crippen molar-refractivity contribution in [3.8, 4) is 0 Å². The lowest BCUT2D eigenvalue weighted by Crippen LogP contribution is -2.41. The number of nitrogens with zero attached hydrogens (tertiary/aromatic N) is 1. The third-order valence-corrected chi connectivity index (χ3v) is 2.39. The number of carbonyl (C=O) groups is 1. The molecule has 1 amide bonds. The van der Waals surface area contributed by atoms with Gasteiger partial charge in [0.25, 0.3) is 5.91 Å². The SMILES string of the molecule is COCC(NC(=O)c1cccnc1)C(C)C. The summed E-state index contributed by atoms with van der Waals surface area (Å²) in [6.45, 7) is 4.62. The van der Waals surface area contributed by atoms with Gasteiger partial charge in [0.15, 0.2) is 0 Å². The van der Waals surface area contributed by atoms with Crippen molar-refractivity contribution in [2.75, 3.05) is 13.7 Å². The van der Waals surface area contributed by atoms with E-state index in [0.717, 1.165) is 0 Å². The molecule has 0 fully saturated rings.